The van der Waals surface area contributed by atoms with E-state index in [1.54, 1.807) is 17.5 Å². The molecule has 0 aromatic carbocycles. The molecule has 0 aliphatic heterocycles. The van der Waals surface area contributed by atoms with Gasteiger partial charge in [0, 0.05) is 22.6 Å². The normalized spacial score (nSPS) is 10.4. The van der Waals surface area contributed by atoms with E-state index in [4.69, 9.17) is 0 Å². The minimum Gasteiger partial charge on any atom is -0.368 e. The Balaban J connectivity index is 2.14. The van der Waals surface area contributed by atoms with E-state index >= 15 is 0 Å². The zero-order valence-electron chi connectivity index (χ0n) is 9.14. The minimum atomic E-state index is 0.870. The summed E-state index contributed by atoms with van der Waals surface area (Å²) in [7, 11) is 2.06. The van der Waals surface area contributed by atoms with E-state index in [0.717, 1.165) is 22.4 Å². The fraction of sp³-hybridized carbons (Fsp3) is 0.273. The molecule has 0 saturated heterocycles. The summed E-state index contributed by atoms with van der Waals surface area (Å²) in [5.41, 5.74) is 4.10. The molecular formula is C11H12BrN3S. The van der Waals surface area contributed by atoms with Crippen LogP contribution in [0.5, 0.6) is 0 Å². The molecule has 0 atom stereocenters. The molecule has 2 aromatic heterocycles. The van der Waals surface area contributed by atoms with E-state index in [9.17, 15) is 0 Å². The van der Waals surface area contributed by atoms with Gasteiger partial charge in [-0.05, 0) is 28.9 Å². The molecule has 0 amide bonds. The second-order valence-corrected chi connectivity index (χ2v) is 5.43. The maximum atomic E-state index is 4.25. The summed E-state index contributed by atoms with van der Waals surface area (Å²) < 4.78 is 0.998. The number of rotatable bonds is 3. The van der Waals surface area contributed by atoms with Crippen molar-refractivity contribution in [1.29, 1.82) is 0 Å². The van der Waals surface area contributed by atoms with Crippen molar-refractivity contribution in [2.75, 3.05) is 11.9 Å². The molecule has 2 heterocycles. The van der Waals surface area contributed by atoms with E-state index in [1.165, 1.54) is 4.88 Å². The van der Waals surface area contributed by atoms with Gasteiger partial charge in [-0.3, -0.25) is 4.98 Å². The summed E-state index contributed by atoms with van der Waals surface area (Å²) in [6, 6.07) is 2.06. The lowest BCUT2D eigenvalue weighted by Gasteiger charge is -2.18. The van der Waals surface area contributed by atoms with Gasteiger partial charge in [0.1, 0.15) is 0 Å². The third-order valence-corrected chi connectivity index (χ3v) is 3.71. The molecule has 3 nitrogen and oxygen atoms in total. The molecule has 2 rings (SSSR count). The van der Waals surface area contributed by atoms with Crippen molar-refractivity contribution >= 4 is 33.0 Å². The second-order valence-electron chi connectivity index (χ2n) is 3.58. The molecule has 0 N–H and O–H groups in total. The van der Waals surface area contributed by atoms with E-state index in [1.807, 2.05) is 18.6 Å². The number of anilines is 1. The topological polar surface area (TPSA) is 29.0 Å². The first-order valence-corrected chi connectivity index (χ1v) is 6.54. The van der Waals surface area contributed by atoms with Gasteiger partial charge in [-0.25, -0.2) is 4.98 Å². The van der Waals surface area contributed by atoms with Gasteiger partial charge in [-0.2, -0.15) is 0 Å². The van der Waals surface area contributed by atoms with E-state index in [-0.39, 0.29) is 0 Å². The smallest absolute Gasteiger partial charge is 0.0798 e. The van der Waals surface area contributed by atoms with Crippen LogP contribution in [0.15, 0.2) is 28.4 Å². The zero-order chi connectivity index (χ0) is 11.5. The van der Waals surface area contributed by atoms with Crippen LogP contribution in [0.3, 0.4) is 0 Å². The molecule has 0 aliphatic rings. The first kappa shape index (κ1) is 11.5. The maximum absolute atomic E-state index is 4.25. The van der Waals surface area contributed by atoms with E-state index < -0.39 is 0 Å². The van der Waals surface area contributed by atoms with Crippen LogP contribution in [0.25, 0.3) is 0 Å². The van der Waals surface area contributed by atoms with Crippen LogP contribution >= 0.6 is 27.3 Å². The van der Waals surface area contributed by atoms with Crippen LogP contribution in [0.2, 0.25) is 0 Å². The Hall–Kier alpha value is -0.940. The molecular weight excluding hydrogens is 286 g/mol. The van der Waals surface area contributed by atoms with Crippen molar-refractivity contribution in [3.05, 3.63) is 39.0 Å². The third kappa shape index (κ3) is 2.59. The maximum Gasteiger partial charge on any atom is 0.0798 e. The molecule has 0 unspecified atom stereocenters. The average molecular weight is 298 g/mol. The summed E-state index contributed by atoms with van der Waals surface area (Å²) in [5, 5.41) is 0. The number of hydrogen-bond donors (Lipinski definition) is 0. The van der Waals surface area contributed by atoms with Gasteiger partial charge >= 0.3 is 0 Å². The van der Waals surface area contributed by atoms with E-state index in [0.29, 0.717) is 0 Å². The summed E-state index contributed by atoms with van der Waals surface area (Å²) >= 11 is 5.12. The Morgan fingerprint density at radius 2 is 2.25 bits per heavy atom. The minimum absolute atomic E-state index is 0.870. The van der Waals surface area contributed by atoms with Crippen molar-refractivity contribution in [3.63, 3.8) is 0 Å². The average Bonchev–Trinajstić information content (AvgIpc) is 2.64. The van der Waals surface area contributed by atoms with Gasteiger partial charge in [0.15, 0.2) is 0 Å². The summed E-state index contributed by atoms with van der Waals surface area (Å²) in [6.45, 7) is 2.91. The van der Waals surface area contributed by atoms with Gasteiger partial charge in [0.05, 0.1) is 29.6 Å². The van der Waals surface area contributed by atoms with Crippen LogP contribution < -0.4 is 4.90 Å². The van der Waals surface area contributed by atoms with Crippen molar-refractivity contribution in [1.82, 2.24) is 9.97 Å². The number of pyridine rings is 1. The monoisotopic (exact) mass is 297 g/mol. The summed E-state index contributed by atoms with van der Waals surface area (Å²) in [6.07, 6.45) is 3.65. The Bertz CT molecular complexity index is 484. The highest BCUT2D eigenvalue weighted by atomic mass is 79.9. The molecule has 16 heavy (non-hydrogen) atoms. The first-order valence-electron chi connectivity index (χ1n) is 4.87. The molecule has 0 aliphatic carbocycles. The Morgan fingerprint density at radius 1 is 1.44 bits per heavy atom. The highest BCUT2D eigenvalue weighted by Crippen LogP contribution is 2.21. The molecule has 84 valence electrons. The second kappa shape index (κ2) is 4.93. The summed E-state index contributed by atoms with van der Waals surface area (Å²) in [4.78, 5) is 11.9. The Kier molecular flexibility index (Phi) is 3.56. The molecule has 0 bridgehead atoms. The largest absolute Gasteiger partial charge is 0.368 e. The Labute approximate surface area is 107 Å². The SMILES string of the molecule is Cc1ncsc1CN(C)c1cncc(Br)c1. The number of aryl methyl sites for hydroxylation is 1. The van der Waals surface area contributed by atoms with Crippen LogP contribution in [0.1, 0.15) is 10.6 Å². The fourth-order valence-electron chi connectivity index (χ4n) is 1.39. The lowest BCUT2D eigenvalue weighted by molar-refractivity contribution is 0.920. The van der Waals surface area contributed by atoms with Gasteiger partial charge in [-0.15, -0.1) is 11.3 Å². The van der Waals surface area contributed by atoms with Crippen LogP contribution in [-0.4, -0.2) is 17.0 Å². The number of hydrogen-bond acceptors (Lipinski definition) is 4. The number of halogens is 1. The van der Waals surface area contributed by atoms with Gasteiger partial charge in [0.2, 0.25) is 0 Å². The van der Waals surface area contributed by atoms with E-state index in [2.05, 4.69) is 43.9 Å². The van der Waals surface area contributed by atoms with Crippen molar-refractivity contribution in [3.8, 4) is 0 Å². The molecule has 0 radical (unpaired) electrons. The van der Waals surface area contributed by atoms with Gasteiger partial charge in [-0.1, -0.05) is 0 Å². The predicted octanol–water partition coefficient (Wildman–Crippen LogP) is 3.25. The molecule has 2 aromatic rings. The Morgan fingerprint density at radius 3 is 2.88 bits per heavy atom. The number of thiazole rings is 1. The lowest BCUT2D eigenvalue weighted by Crippen LogP contribution is -2.16. The molecule has 5 heteroatoms. The van der Waals surface area contributed by atoms with Gasteiger partial charge in [0.25, 0.3) is 0 Å². The molecule has 0 spiro atoms. The third-order valence-electron chi connectivity index (χ3n) is 2.36. The zero-order valence-corrected chi connectivity index (χ0v) is 11.5. The van der Waals surface area contributed by atoms with Crippen molar-refractivity contribution < 1.29 is 0 Å². The molecule has 0 saturated carbocycles. The fourth-order valence-corrected chi connectivity index (χ4v) is 2.58. The quantitative estimate of drug-likeness (QED) is 0.871. The predicted molar refractivity (Wildman–Crippen MR) is 70.9 cm³/mol. The lowest BCUT2D eigenvalue weighted by atomic mass is 10.3. The van der Waals surface area contributed by atoms with Crippen molar-refractivity contribution in [2.45, 2.75) is 13.5 Å². The first-order chi connectivity index (χ1) is 7.66. The van der Waals surface area contributed by atoms with Crippen LogP contribution in [-0.2, 0) is 6.54 Å². The summed E-state index contributed by atoms with van der Waals surface area (Å²) in [5.74, 6) is 0. The van der Waals surface area contributed by atoms with Gasteiger partial charge < -0.3 is 4.90 Å². The molecule has 0 fully saturated rings. The number of aromatic nitrogens is 2. The standard InChI is InChI=1S/C11H12BrN3S/c1-8-11(16-7-14-8)6-15(2)10-3-9(12)4-13-5-10/h3-5,7H,6H2,1-2H3. The highest BCUT2D eigenvalue weighted by Gasteiger charge is 2.07. The van der Waals surface area contributed by atoms with Crippen LogP contribution in [0.4, 0.5) is 5.69 Å². The highest BCUT2D eigenvalue weighted by molar-refractivity contribution is 9.10. The van der Waals surface area contributed by atoms with Crippen LogP contribution in [0, 0.1) is 6.92 Å². The van der Waals surface area contributed by atoms with Crippen molar-refractivity contribution in [2.24, 2.45) is 0 Å². The number of nitrogens with zero attached hydrogens (tertiary/aromatic N) is 3.